The van der Waals surface area contributed by atoms with Crippen LogP contribution in [0.15, 0.2) is 59.1 Å². The van der Waals surface area contributed by atoms with Crippen molar-refractivity contribution in [1.29, 1.82) is 0 Å². The van der Waals surface area contributed by atoms with E-state index in [1.807, 2.05) is 47.4 Å². The summed E-state index contributed by atoms with van der Waals surface area (Å²) >= 11 is 0. The summed E-state index contributed by atoms with van der Waals surface area (Å²) < 4.78 is 10.6. The van der Waals surface area contributed by atoms with E-state index in [1.54, 1.807) is 0 Å². The van der Waals surface area contributed by atoms with Crippen LogP contribution in [-0.4, -0.2) is 47.3 Å². The molecule has 0 saturated carbocycles. The van der Waals surface area contributed by atoms with E-state index in [-0.39, 0.29) is 5.91 Å². The van der Waals surface area contributed by atoms with Crippen LogP contribution in [0.1, 0.15) is 12.3 Å². The molecule has 2 aromatic carbocycles. The number of nitrogens with zero attached hydrogens (tertiary/aromatic N) is 3. The zero-order chi connectivity index (χ0) is 18.5. The van der Waals surface area contributed by atoms with Crippen LogP contribution in [-0.2, 0) is 16.0 Å². The maximum absolute atomic E-state index is 12.2. The lowest BCUT2D eigenvalue weighted by Gasteiger charge is -2.26. The zero-order valence-corrected chi connectivity index (χ0v) is 15.0. The first-order valence-electron chi connectivity index (χ1n) is 9.13. The van der Waals surface area contributed by atoms with Crippen molar-refractivity contribution >= 4 is 5.91 Å². The number of ether oxygens (including phenoxy) is 1. The largest absolute Gasteiger partial charge is 0.378 e. The number of aryl methyl sites for hydroxylation is 1. The molecule has 27 heavy (non-hydrogen) atoms. The summed E-state index contributed by atoms with van der Waals surface area (Å²) in [5.41, 5.74) is 3.20. The molecule has 0 spiro atoms. The molecule has 6 heteroatoms. The molecule has 1 saturated heterocycles. The summed E-state index contributed by atoms with van der Waals surface area (Å²) in [6.45, 7) is 2.52. The summed E-state index contributed by atoms with van der Waals surface area (Å²) in [6, 6.07) is 18.2. The van der Waals surface area contributed by atoms with Gasteiger partial charge in [-0.2, -0.15) is 4.98 Å². The van der Waals surface area contributed by atoms with Gasteiger partial charge < -0.3 is 14.2 Å². The van der Waals surface area contributed by atoms with Crippen molar-refractivity contribution in [3.63, 3.8) is 0 Å². The van der Waals surface area contributed by atoms with Crippen molar-refractivity contribution in [2.45, 2.75) is 12.8 Å². The Bertz CT molecular complexity index is 885. The maximum Gasteiger partial charge on any atom is 0.227 e. The first kappa shape index (κ1) is 17.4. The third-order valence-corrected chi connectivity index (χ3v) is 4.63. The number of hydrogen-bond donors (Lipinski definition) is 0. The number of morpholine rings is 1. The monoisotopic (exact) mass is 363 g/mol. The van der Waals surface area contributed by atoms with Gasteiger partial charge in [-0.15, -0.1) is 0 Å². The van der Waals surface area contributed by atoms with Crippen LogP contribution in [0, 0.1) is 0 Å². The van der Waals surface area contributed by atoms with E-state index in [0.717, 1.165) is 11.1 Å². The van der Waals surface area contributed by atoms with Crippen LogP contribution in [0.5, 0.6) is 0 Å². The van der Waals surface area contributed by atoms with E-state index in [0.29, 0.717) is 50.9 Å². The number of carbonyl (C=O) groups excluding carboxylic acids is 1. The lowest BCUT2D eigenvalue weighted by atomic mass is 10.0. The van der Waals surface area contributed by atoms with Gasteiger partial charge in [-0.3, -0.25) is 4.79 Å². The zero-order valence-electron chi connectivity index (χ0n) is 15.0. The molecule has 1 aliphatic heterocycles. The Labute approximate surface area is 157 Å². The Hall–Kier alpha value is -2.99. The van der Waals surface area contributed by atoms with Gasteiger partial charge in [-0.1, -0.05) is 59.8 Å². The lowest BCUT2D eigenvalue weighted by molar-refractivity contribution is -0.135. The van der Waals surface area contributed by atoms with Crippen molar-refractivity contribution in [2.24, 2.45) is 0 Å². The van der Waals surface area contributed by atoms with Crippen molar-refractivity contribution in [3.05, 3.63) is 60.5 Å². The highest BCUT2D eigenvalue weighted by Crippen LogP contribution is 2.23. The summed E-state index contributed by atoms with van der Waals surface area (Å²) in [4.78, 5) is 18.5. The maximum atomic E-state index is 12.2. The second-order valence-electron chi connectivity index (χ2n) is 6.45. The van der Waals surface area contributed by atoms with Crippen molar-refractivity contribution in [2.75, 3.05) is 26.3 Å². The average molecular weight is 363 g/mol. The molecule has 3 aromatic rings. The fourth-order valence-electron chi connectivity index (χ4n) is 3.10. The Kier molecular flexibility index (Phi) is 5.25. The van der Waals surface area contributed by atoms with Crippen LogP contribution in [0.25, 0.3) is 22.5 Å². The molecule has 0 unspecified atom stereocenters. The molecule has 1 aromatic heterocycles. The van der Waals surface area contributed by atoms with Gasteiger partial charge in [0.05, 0.1) is 13.2 Å². The van der Waals surface area contributed by atoms with Crippen molar-refractivity contribution < 1.29 is 14.1 Å². The van der Waals surface area contributed by atoms with Crippen LogP contribution in [0.3, 0.4) is 0 Å². The third kappa shape index (κ3) is 4.23. The number of amides is 1. The molecular formula is C21H21N3O3. The lowest BCUT2D eigenvalue weighted by Crippen LogP contribution is -2.40. The molecule has 6 nitrogen and oxygen atoms in total. The van der Waals surface area contributed by atoms with Gasteiger partial charge >= 0.3 is 0 Å². The van der Waals surface area contributed by atoms with Gasteiger partial charge in [0.15, 0.2) is 0 Å². The Morgan fingerprint density at radius 1 is 0.926 bits per heavy atom. The number of hydrogen-bond acceptors (Lipinski definition) is 5. The summed E-state index contributed by atoms with van der Waals surface area (Å²) in [5, 5.41) is 4.05. The standard InChI is InChI=1S/C21H21N3O3/c25-20(24-12-14-26-15-13-24)11-10-19-22-21(23-27-19)18-8-6-17(7-9-18)16-4-2-1-3-5-16/h1-9H,10-15H2. The quantitative estimate of drug-likeness (QED) is 0.696. The first-order chi connectivity index (χ1) is 13.3. The molecule has 0 bridgehead atoms. The minimum absolute atomic E-state index is 0.102. The van der Waals surface area contributed by atoms with E-state index >= 15 is 0 Å². The van der Waals surface area contributed by atoms with Crippen LogP contribution in [0.4, 0.5) is 0 Å². The molecule has 4 rings (SSSR count). The first-order valence-corrected chi connectivity index (χ1v) is 9.13. The number of carbonyl (C=O) groups is 1. The number of rotatable bonds is 5. The Morgan fingerprint density at radius 3 is 2.33 bits per heavy atom. The smallest absolute Gasteiger partial charge is 0.227 e. The molecule has 2 heterocycles. The fraction of sp³-hybridized carbons (Fsp3) is 0.286. The molecule has 1 aliphatic rings. The van der Waals surface area contributed by atoms with Gasteiger partial charge in [-0.05, 0) is 11.1 Å². The SMILES string of the molecule is O=C(CCc1nc(-c2ccc(-c3ccccc3)cc2)no1)N1CCOCC1. The predicted octanol–water partition coefficient (Wildman–Crippen LogP) is 3.20. The van der Waals surface area contributed by atoms with Gasteiger partial charge in [0.2, 0.25) is 17.6 Å². The highest BCUT2D eigenvalue weighted by molar-refractivity contribution is 5.76. The second kappa shape index (κ2) is 8.14. The van der Waals surface area contributed by atoms with E-state index < -0.39 is 0 Å². The topological polar surface area (TPSA) is 68.5 Å². The molecule has 138 valence electrons. The van der Waals surface area contributed by atoms with Gasteiger partial charge in [-0.25, -0.2) is 0 Å². The molecule has 0 N–H and O–H groups in total. The van der Waals surface area contributed by atoms with E-state index in [1.165, 1.54) is 5.56 Å². The van der Waals surface area contributed by atoms with Crippen LogP contribution in [0.2, 0.25) is 0 Å². The normalized spacial score (nSPS) is 14.3. The minimum atomic E-state index is 0.102. The average Bonchev–Trinajstić information content (AvgIpc) is 3.22. The summed E-state index contributed by atoms with van der Waals surface area (Å²) in [7, 11) is 0. The minimum Gasteiger partial charge on any atom is -0.378 e. The molecule has 0 aliphatic carbocycles. The molecule has 0 radical (unpaired) electrons. The highest BCUT2D eigenvalue weighted by Gasteiger charge is 2.18. The van der Waals surface area contributed by atoms with E-state index in [9.17, 15) is 4.79 Å². The van der Waals surface area contributed by atoms with Crippen molar-refractivity contribution in [3.8, 4) is 22.5 Å². The van der Waals surface area contributed by atoms with E-state index in [2.05, 4.69) is 22.3 Å². The van der Waals surface area contributed by atoms with Crippen LogP contribution < -0.4 is 0 Å². The Balaban J connectivity index is 1.38. The fourth-order valence-corrected chi connectivity index (χ4v) is 3.10. The molecule has 0 atom stereocenters. The summed E-state index contributed by atoms with van der Waals surface area (Å²) in [5.74, 6) is 1.13. The van der Waals surface area contributed by atoms with Gasteiger partial charge in [0, 0.05) is 31.5 Å². The molecular weight excluding hydrogens is 342 g/mol. The van der Waals surface area contributed by atoms with Crippen molar-refractivity contribution in [1.82, 2.24) is 15.0 Å². The predicted molar refractivity (Wildman–Crippen MR) is 101 cm³/mol. The third-order valence-electron chi connectivity index (χ3n) is 4.63. The number of aromatic nitrogens is 2. The summed E-state index contributed by atoms with van der Waals surface area (Å²) in [6.07, 6.45) is 0.819. The second-order valence-corrected chi connectivity index (χ2v) is 6.45. The van der Waals surface area contributed by atoms with Crippen LogP contribution >= 0.6 is 0 Å². The Morgan fingerprint density at radius 2 is 1.59 bits per heavy atom. The molecule has 1 fully saturated rings. The van der Waals surface area contributed by atoms with E-state index in [4.69, 9.17) is 9.26 Å². The van der Waals surface area contributed by atoms with Gasteiger partial charge in [0.1, 0.15) is 0 Å². The van der Waals surface area contributed by atoms with Gasteiger partial charge in [0.25, 0.3) is 0 Å². The highest BCUT2D eigenvalue weighted by atomic mass is 16.5. The molecule has 1 amide bonds. The number of benzene rings is 2.